The monoisotopic (exact) mass is 194 g/mol. The molecule has 0 aliphatic heterocycles. The van der Waals surface area contributed by atoms with Crippen molar-refractivity contribution in [3.63, 3.8) is 0 Å². The Bertz CT molecular complexity index is 313. The van der Waals surface area contributed by atoms with Crippen molar-refractivity contribution in [2.24, 2.45) is 11.1 Å². The highest BCUT2D eigenvalue weighted by molar-refractivity contribution is 5.74. The van der Waals surface area contributed by atoms with Crippen LogP contribution in [0.25, 0.3) is 0 Å². The minimum absolute atomic E-state index is 0.130. The smallest absolute Gasteiger partial charge is 0.310 e. The van der Waals surface area contributed by atoms with E-state index in [2.05, 4.69) is 4.98 Å². The molecule has 0 spiro atoms. The lowest BCUT2D eigenvalue weighted by Crippen LogP contribution is -2.37. The van der Waals surface area contributed by atoms with Gasteiger partial charge < -0.3 is 10.8 Å². The predicted octanol–water partition coefficient (Wildman–Crippen LogP) is 0.674. The zero-order chi connectivity index (χ0) is 10.6. The van der Waals surface area contributed by atoms with Crippen molar-refractivity contribution in [1.82, 2.24) is 4.98 Å². The van der Waals surface area contributed by atoms with Gasteiger partial charge in [0.05, 0.1) is 5.41 Å². The second-order valence-corrected chi connectivity index (χ2v) is 3.60. The number of pyridine rings is 1. The SMILES string of the molecule is C[C@@](CN)(Cc1ccncc1)C(=O)O. The Hall–Kier alpha value is -1.42. The summed E-state index contributed by atoms with van der Waals surface area (Å²) in [6, 6.07) is 3.60. The minimum atomic E-state index is -0.888. The summed E-state index contributed by atoms with van der Waals surface area (Å²) in [6.07, 6.45) is 3.73. The number of hydrogen-bond donors (Lipinski definition) is 2. The fourth-order valence-electron chi connectivity index (χ4n) is 1.19. The van der Waals surface area contributed by atoms with Crippen LogP contribution >= 0.6 is 0 Å². The summed E-state index contributed by atoms with van der Waals surface area (Å²) in [7, 11) is 0. The van der Waals surface area contributed by atoms with Crippen molar-refractivity contribution in [3.8, 4) is 0 Å². The van der Waals surface area contributed by atoms with Crippen LogP contribution in [0.15, 0.2) is 24.5 Å². The zero-order valence-electron chi connectivity index (χ0n) is 8.10. The van der Waals surface area contributed by atoms with E-state index in [1.54, 1.807) is 31.5 Å². The van der Waals surface area contributed by atoms with Crippen LogP contribution in [0.2, 0.25) is 0 Å². The Kier molecular flexibility index (Phi) is 3.19. The van der Waals surface area contributed by atoms with Gasteiger partial charge in [0.15, 0.2) is 0 Å². The first-order valence-electron chi connectivity index (χ1n) is 4.41. The molecular weight excluding hydrogens is 180 g/mol. The second kappa shape index (κ2) is 4.19. The van der Waals surface area contributed by atoms with E-state index < -0.39 is 11.4 Å². The summed E-state index contributed by atoms with van der Waals surface area (Å²) < 4.78 is 0. The van der Waals surface area contributed by atoms with E-state index in [1.807, 2.05) is 0 Å². The molecule has 3 N–H and O–H groups in total. The second-order valence-electron chi connectivity index (χ2n) is 3.60. The first-order chi connectivity index (χ1) is 6.58. The number of aromatic nitrogens is 1. The van der Waals surface area contributed by atoms with Gasteiger partial charge in [0.2, 0.25) is 0 Å². The maximum absolute atomic E-state index is 11.0. The van der Waals surface area contributed by atoms with Crippen LogP contribution in [0.1, 0.15) is 12.5 Å². The Labute approximate surface area is 82.8 Å². The largest absolute Gasteiger partial charge is 0.481 e. The fourth-order valence-corrected chi connectivity index (χ4v) is 1.19. The van der Waals surface area contributed by atoms with E-state index in [9.17, 15) is 4.79 Å². The summed E-state index contributed by atoms with van der Waals surface area (Å²) in [6.45, 7) is 1.78. The molecule has 1 atom stereocenters. The third-order valence-electron chi connectivity index (χ3n) is 2.31. The normalized spacial score (nSPS) is 14.7. The first-order valence-corrected chi connectivity index (χ1v) is 4.41. The molecule has 0 aromatic carbocycles. The molecular formula is C10H14N2O2. The first kappa shape index (κ1) is 10.7. The molecule has 1 rings (SSSR count). The number of carboxylic acid groups (broad SMARTS) is 1. The molecule has 0 saturated carbocycles. The summed E-state index contributed by atoms with van der Waals surface area (Å²) in [5, 5.41) is 9.00. The molecule has 1 aromatic rings. The molecule has 1 aromatic heterocycles. The van der Waals surface area contributed by atoms with Crippen molar-refractivity contribution in [1.29, 1.82) is 0 Å². The summed E-state index contributed by atoms with van der Waals surface area (Å²) >= 11 is 0. The van der Waals surface area contributed by atoms with Gasteiger partial charge >= 0.3 is 5.97 Å². The van der Waals surface area contributed by atoms with Crippen LogP contribution in [0, 0.1) is 5.41 Å². The number of nitrogens with zero attached hydrogens (tertiary/aromatic N) is 1. The van der Waals surface area contributed by atoms with Gasteiger partial charge in [-0.2, -0.15) is 0 Å². The van der Waals surface area contributed by atoms with Crippen LogP contribution in [-0.4, -0.2) is 22.6 Å². The molecule has 4 heteroatoms. The Morgan fingerprint density at radius 2 is 2.14 bits per heavy atom. The maximum atomic E-state index is 11.0. The van der Waals surface area contributed by atoms with Crippen molar-refractivity contribution >= 4 is 5.97 Å². The van der Waals surface area contributed by atoms with Gasteiger partial charge in [-0.3, -0.25) is 9.78 Å². The standard InChI is InChI=1S/C10H14N2O2/c1-10(7-11,9(13)14)6-8-2-4-12-5-3-8/h2-5H,6-7,11H2,1H3,(H,13,14)/t10-/m0/s1. The van der Waals surface area contributed by atoms with E-state index in [4.69, 9.17) is 10.8 Å². The summed E-state index contributed by atoms with van der Waals surface area (Å²) in [4.78, 5) is 14.8. The third-order valence-corrected chi connectivity index (χ3v) is 2.31. The molecule has 0 amide bonds. The molecule has 0 unspecified atom stereocenters. The van der Waals surface area contributed by atoms with Crippen molar-refractivity contribution in [2.45, 2.75) is 13.3 Å². The number of aliphatic carboxylic acids is 1. The van der Waals surface area contributed by atoms with Crippen molar-refractivity contribution in [2.75, 3.05) is 6.54 Å². The van der Waals surface area contributed by atoms with E-state index in [-0.39, 0.29) is 6.54 Å². The van der Waals surface area contributed by atoms with Gasteiger partial charge in [0.1, 0.15) is 0 Å². The van der Waals surface area contributed by atoms with Gasteiger partial charge in [-0.05, 0) is 31.0 Å². The summed E-state index contributed by atoms with van der Waals surface area (Å²) in [5.74, 6) is -0.864. The van der Waals surface area contributed by atoms with E-state index in [1.165, 1.54) is 0 Å². The molecule has 0 saturated heterocycles. The summed E-state index contributed by atoms with van der Waals surface area (Å²) in [5.41, 5.74) is 5.51. The molecule has 0 radical (unpaired) electrons. The molecule has 0 fully saturated rings. The van der Waals surface area contributed by atoms with Crippen molar-refractivity contribution in [3.05, 3.63) is 30.1 Å². The average molecular weight is 194 g/mol. The highest BCUT2D eigenvalue weighted by atomic mass is 16.4. The van der Waals surface area contributed by atoms with Gasteiger partial charge in [-0.25, -0.2) is 0 Å². The molecule has 14 heavy (non-hydrogen) atoms. The lowest BCUT2D eigenvalue weighted by molar-refractivity contribution is -0.147. The number of carboxylic acids is 1. The van der Waals surface area contributed by atoms with Gasteiger partial charge in [-0.1, -0.05) is 0 Å². The van der Waals surface area contributed by atoms with Crippen LogP contribution in [0.3, 0.4) is 0 Å². The molecule has 0 bridgehead atoms. The molecule has 1 heterocycles. The van der Waals surface area contributed by atoms with Crippen molar-refractivity contribution < 1.29 is 9.90 Å². The Balaban J connectivity index is 2.81. The Morgan fingerprint density at radius 1 is 1.57 bits per heavy atom. The zero-order valence-corrected chi connectivity index (χ0v) is 8.10. The number of hydrogen-bond acceptors (Lipinski definition) is 3. The van der Waals surface area contributed by atoms with Crippen LogP contribution in [-0.2, 0) is 11.2 Å². The molecule has 0 aliphatic rings. The lowest BCUT2D eigenvalue weighted by Gasteiger charge is -2.22. The van der Waals surface area contributed by atoms with E-state index >= 15 is 0 Å². The Morgan fingerprint density at radius 3 is 2.57 bits per heavy atom. The van der Waals surface area contributed by atoms with Gasteiger partial charge in [0, 0.05) is 18.9 Å². The maximum Gasteiger partial charge on any atom is 0.310 e. The molecule has 4 nitrogen and oxygen atoms in total. The van der Waals surface area contributed by atoms with Gasteiger partial charge in [-0.15, -0.1) is 0 Å². The third kappa shape index (κ3) is 2.29. The topological polar surface area (TPSA) is 76.2 Å². The predicted molar refractivity (Wildman–Crippen MR) is 52.7 cm³/mol. The number of carbonyl (C=O) groups is 1. The van der Waals surface area contributed by atoms with Crippen LogP contribution < -0.4 is 5.73 Å². The van der Waals surface area contributed by atoms with E-state index in [0.29, 0.717) is 6.42 Å². The highest BCUT2D eigenvalue weighted by Gasteiger charge is 2.31. The fraction of sp³-hybridized carbons (Fsp3) is 0.400. The van der Waals surface area contributed by atoms with E-state index in [0.717, 1.165) is 5.56 Å². The number of rotatable bonds is 4. The average Bonchev–Trinajstić information content (AvgIpc) is 2.19. The van der Waals surface area contributed by atoms with Crippen LogP contribution in [0.4, 0.5) is 0 Å². The minimum Gasteiger partial charge on any atom is -0.481 e. The highest BCUT2D eigenvalue weighted by Crippen LogP contribution is 2.20. The quantitative estimate of drug-likeness (QED) is 0.738. The number of nitrogens with two attached hydrogens (primary N) is 1. The van der Waals surface area contributed by atoms with Gasteiger partial charge in [0.25, 0.3) is 0 Å². The lowest BCUT2D eigenvalue weighted by atomic mass is 9.84. The molecule has 76 valence electrons. The molecule has 0 aliphatic carbocycles. The van der Waals surface area contributed by atoms with Crippen LogP contribution in [0.5, 0.6) is 0 Å².